The summed E-state index contributed by atoms with van der Waals surface area (Å²) in [5, 5.41) is 7.10. The molecule has 0 saturated heterocycles. The molecule has 246 valence electrons. The number of thiazole rings is 1. The lowest BCUT2D eigenvalue weighted by molar-refractivity contribution is -0.140. The van der Waals surface area contributed by atoms with Crippen molar-refractivity contribution in [1.29, 1.82) is 0 Å². The number of hydrogen-bond donors (Lipinski definition) is 3. The molecular formula is C31H36FN5O7S2. The van der Waals surface area contributed by atoms with Gasteiger partial charge in [0.1, 0.15) is 22.5 Å². The number of carbonyl (C=O) groups is 4. The molecular weight excluding hydrogens is 638 g/mol. The average molecular weight is 674 g/mol. The van der Waals surface area contributed by atoms with Crippen molar-refractivity contribution in [2.24, 2.45) is 17.8 Å². The molecule has 0 bridgehead atoms. The van der Waals surface area contributed by atoms with Crippen molar-refractivity contribution in [3.05, 3.63) is 47.7 Å². The minimum Gasteiger partial charge on any atom is -0.446 e. The second-order valence-corrected chi connectivity index (χ2v) is 15.3. The summed E-state index contributed by atoms with van der Waals surface area (Å²) in [5.74, 6) is -4.39. The second-order valence-electron chi connectivity index (χ2n) is 12.5. The maximum absolute atomic E-state index is 14.1. The quantitative estimate of drug-likeness (QED) is 0.392. The van der Waals surface area contributed by atoms with E-state index in [1.165, 1.54) is 23.5 Å². The number of hydrogen-bond acceptors (Lipinski definition) is 9. The molecule has 2 heterocycles. The van der Waals surface area contributed by atoms with Gasteiger partial charge in [0.2, 0.25) is 21.8 Å². The fraction of sp³-hybridized carbons (Fsp3) is 0.516. The van der Waals surface area contributed by atoms with Gasteiger partial charge in [-0.05, 0) is 69.6 Å². The van der Waals surface area contributed by atoms with E-state index in [-0.39, 0.29) is 30.9 Å². The van der Waals surface area contributed by atoms with Crippen molar-refractivity contribution in [1.82, 2.24) is 19.9 Å². The Kier molecular flexibility index (Phi) is 8.89. The van der Waals surface area contributed by atoms with Gasteiger partial charge in [-0.2, -0.15) is 0 Å². The topological polar surface area (TPSA) is 164 Å². The number of anilines is 1. The number of carbonyl (C=O) groups excluding carboxylic acids is 4. The molecule has 6 rings (SSSR count). The molecule has 15 heteroatoms. The fourth-order valence-corrected chi connectivity index (χ4v) is 8.39. The third-order valence-electron chi connectivity index (χ3n) is 9.15. The van der Waals surface area contributed by atoms with Gasteiger partial charge in [-0.1, -0.05) is 12.2 Å². The third-order valence-corrected chi connectivity index (χ3v) is 11.8. The van der Waals surface area contributed by atoms with E-state index in [2.05, 4.69) is 20.3 Å². The van der Waals surface area contributed by atoms with Crippen LogP contribution >= 0.6 is 11.3 Å². The molecule has 2 aromatic rings. The fourth-order valence-electron chi connectivity index (χ4n) is 6.35. The average Bonchev–Trinajstić information content (AvgIpc) is 3.87. The molecule has 5 unspecified atom stereocenters. The Labute approximate surface area is 270 Å². The van der Waals surface area contributed by atoms with Crippen LogP contribution in [0.1, 0.15) is 51.4 Å². The third kappa shape index (κ3) is 6.80. The summed E-state index contributed by atoms with van der Waals surface area (Å²) in [6.45, 7) is 0.484. The molecule has 3 fully saturated rings. The number of ether oxygens (including phenoxy) is 1. The number of amides is 4. The molecule has 3 saturated carbocycles. The van der Waals surface area contributed by atoms with E-state index in [4.69, 9.17) is 4.74 Å². The summed E-state index contributed by atoms with van der Waals surface area (Å²) < 4.78 is 47.2. The van der Waals surface area contributed by atoms with Crippen molar-refractivity contribution in [3.8, 4) is 10.6 Å². The second kappa shape index (κ2) is 12.7. The number of halogens is 1. The molecule has 1 aromatic heterocycles. The lowest BCUT2D eigenvalue weighted by Gasteiger charge is -2.26. The summed E-state index contributed by atoms with van der Waals surface area (Å²) in [5.41, 5.74) is -0.796. The summed E-state index contributed by atoms with van der Waals surface area (Å²) in [6, 6.07) is 3.92. The van der Waals surface area contributed by atoms with Crippen molar-refractivity contribution < 1.29 is 36.7 Å². The first-order chi connectivity index (χ1) is 22.0. The predicted octanol–water partition coefficient (Wildman–Crippen LogP) is 3.57. The highest BCUT2D eigenvalue weighted by atomic mass is 32.2. The van der Waals surface area contributed by atoms with E-state index >= 15 is 0 Å². The number of sulfonamides is 1. The number of benzene rings is 1. The molecule has 3 aliphatic carbocycles. The van der Waals surface area contributed by atoms with Gasteiger partial charge in [0.25, 0.3) is 5.91 Å². The normalized spacial score (nSPS) is 29.0. The lowest BCUT2D eigenvalue weighted by Crippen LogP contribution is -2.54. The van der Waals surface area contributed by atoms with Crippen molar-refractivity contribution in [2.75, 3.05) is 18.9 Å². The number of allylic oxidation sites excluding steroid dienone is 1. The molecule has 0 radical (unpaired) electrons. The minimum atomic E-state index is -3.85. The van der Waals surface area contributed by atoms with E-state index in [0.717, 1.165) is 18.9 Å². The Hall–Kier alpha value is -3.85. The molecule has 12 nitrogen and oxygen atoms in total. The van der Waals surface area contributed by atoms with Crippen molar-refractivity contribution in [2.45, 2.75) is 68.3 Å². The molecule has 4 aliphatic rings. The molecule has 3 N–H and O–H groups in total. The molecule has 1 aliphatic heterocycles. The summed E-state index contributed by atoms with van der Waals surface area (Å²) in [7, 11) is -2.19. The van der Waals surface area contributed by atoms with Gasteiger partial charge < -0.3 is 15.0 Å². The molecule has 46 heavy (non-hydrogen) atoms. The minimum absolute atomic E-state index is 0.00453. The van der Waals surface area contributed by atoms with Gasteiger partial charge in [0, 0.05) is 36.7 Å². The highest BCUT2D eigenvalue weighted by Gasteiger charge is 2.62. The van der Waals surface area contributed by atoms with Crippen LogP contribution in [-0.2, 0) is 29.1 Å². The summed E-state index contributed by atoms with van der Waals surface area (Å²) in [6.07, 6.45) is 7.13. The van der Waals surface area contributed by atoms with Crippen LogP contribution in [0, 0.1) is 23.6 Å². The highest BCUT2D eigenvalue weighted by molar-refractivity contribution is 7.91. The van der Waals surface area contributed by atoms with Crippen LogP contribution < -0.4 is 15.4 Å². The van der Waals surface area contributed by atoms with E-state index in [9.17, 15) is 32.0 Å². The van der Waals surface area contributed by atoms with Crippen LogP contribution in [0.2, 0.25) is 0 Å². The number of nitrogens with one attached hydrogen (secondary N) is 3. The predicted molar refractivity (Wildman–Crippen MR) is 167 cm³/mol. The van der Waals surface area contributed by atoms with Crippen molar-refractivity contribution >= 4 is 50.9 Å². The Bertz CT molecular complexity index is 1660. The first kappa shape index (κ1) is 32.1. The van der Waals surface area contributed by atoms with Crippen LogP contribution in [0.15, 0.2) is 41.9 Å². The maximum atomic E-state index is 14.1. The van der Waals surface area contributed by atoms with Crippen LogP contribution in [0.4, 0.5) is 14.9 Å². The molecule has 4 amide bonds. The number of rotatable bonds is 6. The highest BCUT2D eigenvalue weighted by Crippen LogP contribution is 2.47. The van der Waals surface area contributed by atoms with Crippen LogP contribution in [-0.4, -0.2) is 72.6 Å². The van der Waals surface area contributed by atoms with Crippen LogP contribution in [0.5, 0.6) is 0 Å². The molecule has 1 aromatic carbocycles. The van der Waals surface area contributed by atoms with Gasteiger partial charge in [-0.25, -0.2) is 22.6 Å². The Morgan fingerprint density at radius 3 is 2.70 bits per heavy atom. The Balaban J connectivity index is 1.20. The SMILES string of the molecule is CN1CCCC/C=C/C2CC2(C(=O)NS(=O)(=O)C2CC2)NC(=O)C2CC(OC(=O)Nc3cc(F)ccc3-c3nccs3)CC2C1=O. The van der Waals surface area contributed by atoms with Gasteiger partial charge in [-0.3, -0.25) is 24.4 Å². The Morgan fingerprint density at radius 2 is 1.96 bits per heavy atom. The zero-order valence-corrected chi connectivity index (χ0v) is 26.9. The molecule has 0 spiro atoms. The van der Waals surface area contributed by atoms with Gasteiger partial charge in [0.05, 0.1) is 22.8 Å². The van der Waals surface area contributed by atoms with Crippen LogP contribution in [0.3, 0.4) is 0 Å². The maximum Gasteiger partial charge on any atom is 0.411 e. The number of nitrogens with zero attached hydrogens (tertiary/aromatic N) is 2. The monoisotopic (exact) mass is 673 g/mol. The number of aromatic nitrogens is 1. The van der Waals surface area contributed by atoms with Crippen molar-refractivity contribution in [3.63, 3.8) is 0 Å². The van der Waals surface area contributed by atoms with E-state index in [1.807, 2.05) is 12.2 Å². The summed E-state index contributed by atoms with van der Waals surface area (Å²) >= 11 is 1.32. The van der Waals surface area contributed by atoms with E-state index < -0.39 is 68.4 Å². The zero-order valence-electron chi connectivity index (χ0n) is 25.2. The Morgan fingerprint density at radius 1 is 1.17 bits per heavy atom. The smallest absolute Gasteiger partial charge is 0.411 e. The number of fused-ring (bicyclic) bond motifs is 2. The first-order valence-corrected chi connectivity index (χ1v) is 17.9. The largest absolute Gasteiger partial charge is 0.446 e. The zero-order chi connectivity index (χ0) is 32.6. The van der Waals surface area contributed by atoms with Gasteiger partial charge >= 0.3 is 6.09 Å². The molecule has 5 atom stereocenters. The van der Waals surface area contributed by atoms with Crippen LogP contribution in [0.25, 0.3) is 10.6 Å². The standard InChI is InChI=1S/C31H36FN5O7S2/c1-37-12-5-3-2-4-6-18-17-31(18,29(40)36-46(42,43)21-8-9-21)35-26(38)23-15-20(16-24(23)28(37)39)44-30(41)34-25-14-19(32)7-10-22(25)27-33-11-13-45-27/h4,6-7,10-11,13-14,18,20-21,23-24H,2-3,5,8-9,12,15-17H2,1H3,(H,34,41)(H,35,38)(H,36,40)/b6-4+. The van der Waals surface area contributed by atoms with E-state index in [1.54, 1.807) is 23.5 Å². The van der Waals surface area contributed by atoms with Gasteiger partial charge in [-0.15, -0.1) is 11.3 Å². The van der Waals surface area contributed by atoms with E-state index in [0.29, 0.717) is 36.4 Å². The van der Waals surface area contributed by atoms with Gasteiger partial charge in [0.15, 0.2) is 0 Å². The first-order valence-electron chi connectivity index (χ1n) is 15.4. The lowest BCUT2D eigenvalue weighted by atomic mass is 9.93. The summed E-state index contributed by atoms with van der Waals surface area (Å²) in [4.78, 5) is 59.7.